The summed E-state index contributed by atoms with van der Waals surface area (Å²) in [5, 5.41) is 16.9. The first-order valence-corrected chi connectivity index (χ1v) is 13.3. The van der Waals surface area contributed by atoms with Crippen LogP contribution >= 0.6 is 0 Å². The highest BCUT2D eigenvalue weighted by atomic mass is 16.3. The Morgan fingerprint density at radius 3 is 2.69 bits per heavy atom. The summed E-state index contributed by atoms with van der Waals surface area (Å²) >= 11 is 0. The Kier molecular flexibility index (Phi) is 7.48. The molecule has 190 valence electrons. The van der Waals surface area contributed by atoms with Crippen molar-refractivity contribution >= 4 is 5.91 Å². The Morgan fingerprint density at radius 1 is 1.14 bits per heavy atom. The zero-order valence-corrected chi connectivity index (χ0v) is 21.4. The number of likely N-dealkylation sites (tertiary alicyclic amines) is 1. The molecule has 1 atom stereocenters. The van der Waals surface area contributed by atoms with Gasteiger partial charge in [0.2, 0.25) is 0 Å². The molecular formula is C29H37N5O2. The predicted octanol–water partition coefficient (Wildman–Crippen LogP) is 4.16. The lowest BCUT2D eigenvalue weighted by Crippen LogP contribution is -2.40. The van der Waals surface area contributed by atoms with Crippen LogP contribution in [0, 0.1) is 12.8 Å². The second-order valence-corrected chi connectivity index (χ2v) is 10.5. The first kappa shape index (κ1) is 24.7. The standard InChI is InChI=1S/C29H37N5O2/c1-20-3-4-24(29(36)32-26-5-6-26)15-28(20)25-17-31-34(19-25)27-14-23(16-30-18-27)13-22-7-10-33(11-8-22)21(2)9-12-35/h3-4,14-19,21-22,26,35H,5-13H2,1-2H3,(H,32,36). The van der Waals surface area contributed by atoms with Crippen LogP contribution < -0.4 is 5.32 Å². The molecule has 3 heterocycles. The molecule has 0 radical (unpaired) electrons. The number of amides is 1. The van der Waals surface area contributed by atoms with E-state index in [2.05, 4.69) is 40.2 Å². The van der Waals surface area contributed by atoms with E-state index in [-0.39, 0.29) is 12.5 Å². The van der Waals surface area contributed by atoms with E-state index >= 15 is 0 Å². The molecule has 2 N–H and O–H groups in total. The smallest absolute Gasteiger partial charge is 0.251 e. The molecule has 7 nitrogen and oxygen atoms in total. The van der Waals surface area contributed by atoms with Gasteiger partial charge in [0, 0.05) is 42.2 Å². The Labute approximate surface area is 213 Å². The molecule has 3 aromatic rings. The minimum atomic E-state index is -0.00303. The van der Waals surface area contributed by atoms with E-state index < -0.39 is 0 Å². The maximum Gasteiger partial charge on any atom is 0.251 e. The Morgan fingerprint density at radius 2 is 1.94 bits per heavy atom. The van der Waals surface area contributed by atoms with Crippen LogP contribution in [-0.4, -0.2) is 62.5 Å². The fraction of sp³-hybridized carbons (Fsp3) is 0.483. The minimum absolute atomic E-state index is 0.00303. The SMILES string of the molecule is Cc1ccc(C(=O)NC2CC2)cc1-c1cnn(-c2cncc(CC3CCN(C(C)CCO)CC3)c2)c1. The van der Waals surface area contributed by atoms with Gasteiger partial charge < -0.3 is 15.3 Å². The van der Waals surface area contributed by atoms with Gasteiger partial charge in [-0.2, -0.15) is 5.10 Å². The van der Waals surface area contributed by atoms with Gasteiger partial charge in [0.25, 0.3) is 5.91 Å². The van der Waals surface area contributed by atoms with Crippen LogP contribution in [0.1, 0.15) is 60.5 Å². The van der Waals surface area contributed by atoms with Crippen LogP contribution in [0.4, 0.5) is 0 Å². The quantitative estimate of drug-likeness (QED) is 0.474. The third kappa shape index (κ3) is 5.85. The summed E-state index contributed by atoms with van der Waals surface area (Å²) in [6.07, 6.45) is 14.1. The number of hydrogen-bond donors (Lipinski definition) is 2. The van der Waals surface area contributed by atoms with Crippen LogP contribution in [0.2, 0.25) is 0 Å². The summed E-state index contributed by atoms with van der Waals surface area (Å²) in [4.78, 5) is 19.6. The topological polar surface area (TPSA) is 83.3 Å². The number of benzene rings is 1. The Balaban J connectivity index is 1.26. The summed E-state index contributed by atoms with van der Waals surface area (Å²) in [6.45, 7) is 6.73. The van der Waals surface area contributed by atoms with Crippen molar-refractivity contribution in [2.75, 3.05) is 19.7 Å². The molecule has 1 unspecified atom stereocenters. The molecule has 2 fully saturated rings. The van der Waals surface area contributed by atoms with Crippen molar-refractivity contribution in [1.29, 1.82) is 0 Å². The van der Waals surface area contributed by atoms with Gasteiger partial charge in [0.05, 0.1) is 18.1 Å². The van der Waals surface area contributed by atoms with Gasteiger partial charge in [0.15, 0.2) is 0 Å². The molecule has 2 aliphatic rings. The lowest BCUT2D eigenvalue weighted by Gasteiger charge is -2.36. The molecule has 1 aliphatic carbocycles. The number of pyridine rings is 1. The molecule has 0 spiro atoms. The molecule has 0 bridgehead atoms. The van der Waals surface area contributed by atoms with E-state index in [1.807, 2.05) is 47.7 Å². The van der Waals surface area contributed by atoms with E-state index in [0.717, 1.165) is 61.2 Å². The second kappa shape index (κ2) is 10.9. The predicted molar refractivity (Wildman–Crippen MR) is 141 cm³/mol. The number of rotatable bonds is 9. The number of aliphatic hydroxyl groups is 1. The zero-order chi connectivity index (χ0) is 25.1. The third-order valence-electron chi connectivity index (χ3n) is 7.69. The maximum atomic E-state index is 12.5. The van der Waals surface area contributed by atoms with E-state index in [1.165, 1.54) is 18.4 Å². The van der Waals surface area contributed by atoms with Gasteiger partial charge in [-0.1, -0.05) is 6.07 Å². The van der Waals surface area contributed by atoms with Crippen molar-refractivity contribution in [2.45, 2.75) is 64.5 Å². The lowest BCUT2D eigenvalue weighted by atomic mass is 9.90. The molecule has 1 aromatic carbocycles. The molecule has 1 aliphatic heterocycles. The highest BCUT2D eigenvalue weighted by Gasteiger charge is 2.24. The molecule has 7 heteroatoms. The average molecular weight is 488 g/mol. The van der Waals surface area contributed by atoms with Gasteiger partial charge >= 0.3 is 0 Å². The van der Waals surface area contributed by atoms with Crippen LogP contribution in [-0.2, 0) is 6.42 Å². The van der Waals surface area contributed by atoms with Crippen LogP contribution in [0.5, 0.6) is 0 Å². The number of nitrogens with one attached hydrogen (secondary N) is 1. The number of aryl methyl sites for hydroxylation is 1. The van der Waals surface area contributed by atoms with Crippen molar-refractivity contribution < 1.29 is 9.90 Å². The van der Waals surface area contributed by atoms with Gasteiger partial charge in [0.1, 0.15) is 0 Å². The number of aromatic nitrogens is 3. The largest absolute Gasteiger partial charge is 0.396 e. The van der Waals surface area contributed by atoms with Crippen LogP contribution in [0.15, 0.2) is 49.1 Å². The van der Waals surface area contributed by atoms with E-state index in [4.69, 9.17) is 0 Å². The number of aliphatic hydroxyl groups excluding tert-OH is 1. The number of nitrogens with zero attached hydrogens (tertiary/aromatic N) is 4. The lowest BCUT2D eigenvalue weighted by molar-refractivity contribution is 0.0951. The summed E-state index contributed by atoms with van der Waals surface area (Å²) < 4.78 is 1.88. The first-order chi connectivity index (χ1) is 17.5. The number of carbonyl (C=O) groups is 1. The molecule has 2 aromatic heterocycles. The van der Waals surface area contributed by atoms with Gasteiger partial charge in [-0.25, -0.2) is 4.68 Å². The van der Waals surface area contributed by atoms with Gasteiger partial charge in [-0.05, 0) is 106 Å². The Bertz CT molecular complexity index is 1190. The van der Waals surface area contributed by atoms with Crippen molar-refractivity contribution in [1.82, 2.24) is 25.0 Å². The van der Waals surface area contributed by atoms with Crippen molar-refractivity contribution in [3.63, 3.8) is 0 Å². The number of piperidine rings is 1. The van der Waals surface area contributed by atoms with Crippen LogP contribution in [0.3, 0.4) is 0 Å². The van der Waals surface area contributed by atoms with Crippen molar-refractivity contribution in [2.24, 2.45) is 5.92 Å². The summed E-state index contributed by atoms with van der Waals surface area (Å²) in [6, 6.07) is 8.85. The highest BCUT2D eigenvalue weighted by Crippen LogP contribution is 2.27. The highest BCUT2D eigenvalue weighted by molar-refractivity contribution is 5.96. The normalized spacial score (nSPS) is 17.8. The fourth-order valence-corrected chi connectivity index (χ4v) is 5.19. The molecule has 1 saturated heterocycles. The molecular weight excluding hydrogens is 450 g/mol. The van der Waals surface area contributed by atoms with Gasteiger partial charge in [-0.15, -0.1) is 0 Å². The molecule has 5 rings (SSSR count). The Hall–Kier alpha value is -3.03. The molecule has 1 saturated carbocycles. The van der Waals surface area contributed by atoms with Crippen LogP contribution in [0.25, 0.3) is 16.8 Å². The average Bonchev–Trinajstić information content (AvgIpc) is 3.56. The third-order valence-corrected chi connectivity index (χ3v) is 7.69. The molecule has 36 heavy (non-hydrogen) atoms. The summed E-state index contributed by atoms with van der Waals surface area (Å²) in [5.41, 5.74) is 6.01. The first-order valence-electron chi connectivity index (χ1n) is 13.3. The number of carbonyl (C=O) groups excluding carboxylic acids is 1. The summed E-state index contributed by atoms with van der Waals surface area (Å²) in [7, 11) is 0. The van der Waals surface area contributed by atoms with E-state index in [0.29, 0.717) is 23.6 Å². The van der Waals surface area contributed by atoms with Gasteiger partial charge in [-0.3, -0.25) is 9.78 Å². The maximum absolute atomic E-state index is 12.5. The van der Waals surface area contributed by atoms with Crippen molar-refractivity contribution in [3.8, 4) is 16.8 Å². The minimum Gasteiger partial charge on any atom is -0.396 e. The summed E-state index contributed by atoms with van der Waals surface area (Å²) in [5.74, 6) is 0.650. The van der Waals surface area contributed by atoms with E-state index in [1.54, 1.807) is 0 Å². The second-order valence-electron chi connectivity index (χ2n) is 10.5. The van der Waals surface area contributed by atoms with E-state index in [9.17, 15) is 9.90 Å². The fourth-order valence-electron chi connectivity index (χ4n) is 5.19. The zero-order valence-electron chi connectivity index (χ0n) is 21.4. The number of hydrogen-bond acceptors (Lipinski definition) is 5. The van der Waals surface area contributed by atoms with Crippen molar-refractivity contribution in [3.05, 3.63) is 65.7 Å². The monoisotopic (exact) mass is 487 g/mol. The molecule has 1 amide bonds.